The quantitative estimate of drug-likeness (QED) is 0.833. The van der Waals surface area contributed by atoms with Crippen molar-refractivity contribution >= 4 is 22.6 Å². The summed E-state index contributed by atoms with van der Waals surface area (Å²) in [6.07, 6.45) is 2.34. The Morgan fingerprint density at radius 3 is 3.00 bits per heavy atom. The Labute approximate surface area is 111 Å². The van der Waals surface area contributed by atoms with Gasteiger partial charge in [-0.05, 0) is 44.5 Å². The van der Waals surface area contributed by atoms with E-state index in [0.29, 0.717) is 22.8 Å². The maximum atomic E-state index is 10.7. The normalized spacial score (nSPS) is 25.2. The first kappa shape index (κ1) is 12.0. The van der Waals surface area contributed by atoms with Gasteiger partial charge >= 0.3 is 0 Å². The number of benzene rings is 1. The first-order valence-electron chi connectivity index (χ1n) is 6.31. The summed E-state index contributed by atoms with van der Waals surface area (Å²) in [6.45, 7) is 1.75. The van der Waals surface area contributed by atoms with Crippen molar-refractivity contribution in [1.29, 1.82) is 0 Å². The number of hydrogen-bond acceptors (Lipinski definition) is 3. The molecule has 1 aromatic carbocycles. The summed E-state index contributed by atoms with van der Waals surface area (Å²) in [5.41, 5.74) is -0.203. The topological polar surface area (TPSA) is 45.4 Å². The number of rotatable bonds is 1. The molecule has 0 amide bonds. The van der Waals surface area contributed by atoms with Crippen LogP contribution in [-0.2, 0) is 5.60 Å². The largest absolute Gasteiger partial charge is 0.456 e. The van der Waals surface area contributed by atoms with Crippen LogP contribution < -0.4 is 5.32 Å². The van der Waals surface area contributed by atoms with Gasteiger partial charge in [0.2, 0.25) is 0 Å². The van der Waals surface area contributed by atoms with E-state index in [9.17, 15) is 5.11 Å². The molecule has 2 N–H and O–H groups in total. The van der Waals surface area contributed by atoms with Crippen molar-refractivity contribution in [3.8, 4) is 0 Å². The zero-order valence-electron chi connectivity index (χ0n) is 10.1. The number of nitrogens with one attached hydrogen (secondary N) is 1. The van der Waals surface area contributed by atoms with Crippen LogP contribution in [0.5, 0.6) is 0 Å². The molecule has 4 heteroatoms. The van der Waals surface area contributed by atoms with Crippen LogP contribution in [0.25, 0.3) is 11.0 Å². The first-order valence-corrected chi connectivity index (χ1v) is 6.68. The van der Waals surface area contributed by atoms with E-state index in [1.165, 1.54) is 0 Å². The van der Waals surface area contributed by atoms with E-state index < -0.39 is 5.60 Å². The third-order valence-corrected chi connectivity index (χ3v) is 3.91. The highest BCUT2D eigenvalue weighted by molar-refractivity contribution is 6.34. The van der Waals surface area contributed by atoms with E-state index in [0.717, 1.165) is 31.3 Å². The summed E-state index contributed by atoms with van der Waals surface area (Å²) < 4.78 is 5.79. The lowest BCUT2D eigenvalue weighted by Gasteiger charge is -2.23. The van der Waals surface area contributed by atoms with E-state index in [-0.39, 0.29) is 0 Å². The van der Waals surface area contributed by atoms with Crippen molar-refractivity contribution in [3.05, 3.63) is 35.0 Å². The highest BCUT2D eigenvalue weighted by atomic mass is 35.5. The predicted molar refractivity (Wildman–Crippen MR) is 71.8 cm³/mol. The molecule has 3 rings (SSSR count). The molecule has 96 valence electrons. The Balaban J connectivity index is 2.05. The number of aliphatic hydroxyl groups is 1. The number of fused-ring (bicyclic) bond motifs is 1. The Morgan fingerprint density at radius 1 is 1.28 bits per heavy atom. The van der Waals surface area contributed by atoms with Gasteiger partial charge in [-0.25, -0.2) is 0 Å². The van der Waals surface area contributed by atoms with Gasteiger partial charge in [0.25, 0.3) is 0 Å². The monoisotopic (exact) mass is 265 g/mol. The lowest BCUT2D eigenvalue weighted by Crippen LogP contribution is -2.26. The Kier molecular flexibility index (Phi) is 3.06. The molecule has 1 atom stereocenters. The molecule has 0 bridgehead atoms. The highest BCUT2D eigenvalue weighted by Crippen LogP contribution is 2.36. The fraction of sp³-hybridized carbons (Fsp3) is 0.429. The first-order chi connectivity index (χ1) is 8.69. The summed E-state index contributed by atoms with van der Waals surface area (Å²) in [6, 6.07) is 7.55. The minimum Gasteiger partial charge on any atom is -0.456 e. The van der Waals surface area contributed by atoms with Crippen LogP contribution in [0.3, 0.4) is 0 Å². The second-order valence-electron chi connectivity index (χ2n) is 4.90. The third-order valence-electron chi connectivity index (χ3n) is 3.61. The van der Waals surface area contributed by atoms with Gasteiger partial charge in [-0.1, -0.05) is 23.7 Å². The molecule has 0 saturated carbocycles. The summed E-state index contributed by atoms with van der Waals surface area (Å²) in [4.78, 5) is 0. The second kappa shape index (κ2) is 4.57. The molecule has 1 aliphatic rings. The van der Waals surface area contributed by atoms with Gasteiger partial charge in [-0.3, -0.25) is 0 Å². The molecule has 1 aliphatic heterocycles. The summed E-state index contributed by atoms with van der Waals surface area (Å²) in [7, 11) is 0. The average Bonchev–Trinajstić information content (AvgIpc) is 2.69. The maximum absolute atomic E-state index is 10.7. The summed E-state index contributed by atoms with van der Waals surface area (Å²) in [5.74, 6) is 0.634. The summed E-state index contributed by atoms with van der Waals surface area (Å²) >= 11 is 6.10. The molecule has 0 radical (unpaired) electrons. The van der Waals surface area contributed by atoms with E-state index in [1.807, 2.05) is 18.2 Å². The fourth-order valence-corrected chi connectivity index (χ4v) is 2.77. The van der Waals surface area contributed by atoms with Gasteiger partial charge in [0.1, 0.15) is 11.4 Å². The Hall–Kier alpha value is -1.03. The van der Waals surface area contributed by atoms with E-state index >= 15 is 0 Å². The SMILES string of the molecule is OC1(c2cc3cccc(Cl)c3o2)CCCNCC1. The standard InChI is InChI=1S/C14H16ClNO2/c15-11-4-1-3-10-9-12(18-13(10)11)14(17)5-2-7-16-8-6-14/h1,3-4,9,16-17H,2,5-8H2. The summed E-state index contributed by atoms with van der Waals surface area (Å²) in [5, 5.41) is 15.6. The molecule has 1 unspecified atom stereocenters. The molecule has 3 nitrogen and oxygen atoms in total. The van der Waals surface area contributed by atoms with Crippen LogP contribution in [0, 0.1) is 0 Å². The minimum absolute atomic E-state index is 0.592. The minimum atomic E-state index is -0.869. The third kappa shape index (κ3) is 2.03. The van der Waals surface area contributed by atoms with Gasteiger partial charge < -0.3 is 14.8 Å². The Morgan fingerprint density at radius 2 is 2.17 bits per heavy atom. The Bertz CT molecular complexity index is 556. The van der Waals surface area contributed by atoms with Gasteiger partial charge in [-0.2, -0.15) is 0 Å². The van der Waals surface area contributed by atoms with Crippen LogP contribution in [-0.4, -0.2) is 18.2 Å². The lowest BCUT2D eigenvalue weighted by atomic mass is 9.92. The predicted octanol–water partition coefficient (Wildman–Crippen LogP) is 3.05. The van der Waals surface area contributed by atoms with Crippen molar-refractivity contribution in [3.63, 3.8) is 0 Å². The number of para-hydroxylation sites is 1. The van der Waals surface area contributed by atoms with E-state index in [4.69, 9.17) is 16.0 Å². The maximum Gasteiger partial charge on any atom is 0.153 e. The van der Waals surface area contributed by atoms with Gasteiger partial charge in [0.15, 0.2) is 5.58 Å². The van der Waals surface area contributed by atoms with Gasteiger partial charge in [-0.15, -0.1) is 0 Å². The molecule has 0 spiro atoms. The molecule has 0 aliphatic carbocycles. The molecule has 1 fully saturated rings. The highest BCUT2D eigenvalue weighted by Gasteiger charge is 2.33. The molecule has 2 aromatic rings. The van der Waals surface area contributed by atoms with Crippen LogP contribution in [0.15, 0.2) is 28.7 Å². The second-order valence-corrected chi connectivity index (χ2v) is 5.31. The molecule has 1 saturated heterocycles. The van der Waals surface area contributed by atoms with Gasteiger partial charge in [0.05, 0.1) is 5.02 Å². The smallest absolute Gasteiger partial charge is 0.153 e. The number of hydrogen-bond donors (Lipinski definition) is 2. The lowest BCUT2D eigenvalue weighted by molar-refractivity contribution is 0.00428. The van der Waals surface area contributed by atoms with Crippen molar-refractivity contribution in [2.24, 2.45) is 0 Å². The van der Waals surface area contributed by atoms with Gasteiger partial charge in [0, 0.05) is 5.39 Å². The van der Waals surface area contributed by atoms with Crippen LogP contribution in [0.4, 0.5) is 0 Å². The van der Waals surface area contributed by atoms with Crippen molar-refractivity contribution in [2.45, 2.75) is 24.9 Å². The number of furan rings is 1. The molecule has 1 aromatic heterocycles. The van der Waals surface area contributed by atoms with E-state index in [1.54, 1.807) is 6.07 Å². The molecule has 18 heavy (non-hydrogen) atoms. The van der Waals surface area contributed by atoms with E-state index in [2.05, 4.69) is 5.32 Å². The average molecular weight is 266 g/mol. The zero-order valence-corrected chi connectivity index (χ0v) is 10.8. The van der Waals surface area contributed by atoms with Crippen LogP contribution in [0.2, 0.25) is 5.02 Å². The molecular weight excluding hydrogens is 250 g/mol. The molecule has 2 heterocycles. The van der Waals surface area contributed by atoms with Crippen molar-refractivity contribution in [1.82, 2.24) is 5.32 Å². The van der Waals surface area contributed by atoms with Crippen molar-refractivity contribution < 1.29 is 9.52 Å². The zero-order chi connectivity index (χ0) is 12.6. The van der Waals surface area contributed by atoms with Crippen molar-refractivity contribution in [2.75, 3.05) is 13.1 Å². The molecular formula is C14H16ClNO2. The van der Waals surface area contributed by atoms with Crippen LogP contribution >= 0.6 is 11.6 Å². The fourth-order valence-electron chi connectivity index (χ4n) is 2.55. The number of halogens is 1. The van der Waals surface area contributed by atoms with Crippen LogP contribution in [0.1, 0.15) is 25.0 Å².